The van der Waals surface area contributed by atoms with Crippen molar-refractivity contribution in [3.05, 3.63) is 53.3 Å². The average molecular weight is 288 g/mol. The Labute approximate surface area is 121 Å². The van der Waals surface area contributed by atoms with Gasteiger partial charge >= 0.3 is 0 Å². The van der Waals surface area contributed by atoms with Gasteiger partial charge in [0.1, 0.15) is 0 Å². The molecular weight excluding hydrogens is 274 g/mol. The Morgan fingerprint density at radius 1 is 1.25 bits per heavy atom. The van der Waals surface area contributed by atoms with Gasteiger partial charge in [0.25, 0.3) is 0 Å². The molecule has 3 aromatic rings. The number of hydrogen-bond donors (Lipinski definition) is 2. The maximum absolute atomic E-state index is 6.36. The van der Waals surface area contributed by atoms with Crippen LogP contribution in [0.4, 0.5) is 5.69 Å². The number of H-pyrrole nitrogens is 1. The second-order valence-electron chi connectivity index (χ2n) is 4.41. The van der Waals surface area contributed by atoms with Crippen molar-refractivity contribution < 1.29 is 4.74 Å². The number of halogens is 1. The van der Waals surface area contributed by atoms with Crippen LogP contribution in [0, 0.1) is 0 Å². The fraction of sp³-hybridized carbons (Fsp3) is 0.133. The largest absolute Gasteiger partial charge is 0.481 e. The molecule has 3 rings (SSSR count). The molecule has 102 valence electrons. The summed E-state index contributed by atoms with van der Waals surface area (Å²) in [6.07, 6.45) is 1.73. The fourth-order valence-electron chi connectivity index (χ4n) is 2.08. The van der Waals surface area contributed by atoms with E-state index in [1.54, 1.807) is 13.3 Å². The highest BCUT2D eigenvalue weighted by atomic mass is 35.5. The van der Waals surface area contributed by atoms with Crippen LogP contribution in [0.25, 0.3) is 10.9 Å². The molecule has 0 saturated carbocycles. The van der Waals surface area contributed by atoms with Crippen molar-refractivity contribution in [1.82, 2.24) is 9.97 Å². The van der Waals surface area contributed by atoms with Crippen molar-refractivity contribution in [3.8, 4) is 5.88 Å². The number of aromatic amines is 1. The zero-order valence-corrected chi connectivity index (χ0v) is 11.7. The van der Waals surface area contributed by atoms with E-state index >= 15 is 0 Å². The van der Waals surface area contributed by atoms with Crippen molar-refractivity contribution in [2.75, 3.05) is 12.4 Å². The molecule has 0 aliphatic heterocycles. The van der Waals surface area contributed by atoms with Gasteiger partial charge in [-0.25, -0.2) is 4.98 Å². The van der Waals surface area contributed by atoms with Crippen LogP contribution >= 0.6 is 11.6 Å². The minimum absolute atomic E-state index is 0.596. The first-order chi connectivity index (χ1) is 9.78. The molecule has 2 heterocycles. The molecule has 1 aromatic carbocycles. The Morgan fingerprint density at radius 3 is 2.80 bits per heavy atom. The number of fused-ring (bicyclic) bond motifs is 1. The number of nitrogens with zero attached hydrogens (tertiary/aromatic N) is 1. The topological polar surface area (TPSA) is 49.9 Å². The highest BCUT2D eigenvalue weighted by Gasteiger charge is 2.08. The normalized spacial score (nSPS) is 10.7. The summed E-state index contributed by atoms with van der Waals surface area (Å²) in [4.78, 5) is 7.46. The SMILES string of the molecule is COc1ccc(NCc2[nH]c3ccccc3c2Cl)cn1. The van der Waals surface area contributed by atoms with Crippen LogP contribution in [0.3, 0.4) is 0 Å². The Balaban J connectivity index is 1.77. The first kappa shape index (κ1) is 12.8. The second-order valence-corrected chi connectivity index (χ2v) is 4.78. The van der Waals surface area contributed by atoms with Crippen molar-refractivity contribution in [2.45, 2.75) is 6.54 Å². The molecule has 0 saturated heterocycles. The lowest BCUT2D eigenvalue weighted by Crippen LogP contribution is -2.00. The van der Waals surface area contributed by atoms with Crippen molar-refractivity contribution in [1.29, 1.82) is 0 Å². The minimum atomic E-state index is 0.596. The first-order valence-corrected chi connectivity index (χ1v) is 6.64. The quantitative estimate of drug-likeness (QED) is 0.766. The molecule has 0 fully saturated rings. The molecule has 20 heavy (non-hydrogen) atoms. The highest BCUT2D eigenvalue weighted by molar-refractivity contribution is 6.36. The summed E-state index contributed by atoms with van der Waals surface area (Å²) in [7, 11) is 1.60. The predicted octanol–water partition coefficient (Wildman–Crippen LogP) is 3.84. The number of methoxy groups -OCH3 is 1. The van der Waals surface area contributed by atoms with Crippen LogP contribution in [0.1, 0.15) is 5.69 Å². The van der Waals surface area contributed by atoms with Gasteiger partial charge in [0.05, 0.1) is 36.3 Å². The lowest BCUT2D eigenvalue weighted by atomic mass is 10.2. The third-order valence-electron chi connectivity index (χ3n) is 3.13. The fourth-order valence-corrected chi connectivity index (χ4v) is 2.36. The molecule has 4 nitrogen and oxygen atoms in total. The van der Waals surface area contributed by atoms with E-state index in [1.807, 2.05) is 36.4 Å². The monoisotopic (exact) mass is 287 g/mol. The average Bonchev–Trinajstić information content (AvgIpc) is 2.83. The number of ether oxygens (including phenoxy) is 1. The van der Waals surface area contributed by atoms with Crippen LogP contribution in [0.2, 0.25) is 5.02 Å². The van der Waals surface area contributed by atoms with Crippen LogP contribution in [-0.2, 0) is 6.54 Å². The molecule has 0 amide bonds. The lowest BCUT2D eigenvalue weighted by Gasteiger charge is -2.06. The number of nitrogens with one attached hydrogen (secondary N) is 2. The Kier molecular flexibility index (Phi) is 3.48. The number of anilines is 1. The van der Waals surface area contributed by atoms with E-state index in [1.165, 1.54) is 0 Å². The van der Waals surface area contributed by atoms with Crippen molar-refractivity contribution in [3.63, 3.8) is 0 Å². The maximum Gasteiger partial charge on any atom is 0.213 e. The van der Waals surface area contributed by atoms with E-state index in [0.29, 0.717) is 12.4 Å². The Morgan fingerprint density at radius 2 is 2.10 bits per heavy atom. The van der Waals surface area contributed by atoms with E-state index in [9.17, 15) is 0 Å². The summed E-state index contributed by atoms with van der Waals surface area (Å²) in [6.45, 7) is 0.613. The van der Waals surface area contributed by atoms with Gasteiger partial charge in [0, 0.05) is 17.0 Å². The molecule has 0 radical (unpaired) electrons. The molecule has 0 aliphatic carbocycles. The minimum Gasteiger partial charge on any atom is -0.481 e. The predicted molar refractivity (Wildman–Crippen MR) is 81.4 cm³/mol. The Bertz CT molecular complexity index is 722. The van der Waals surface area contributed by atoms with Gasteiger partial charge in [-0.3, -0.25) is 0 Å². The van der Waals surface area contributed by atoms with Crippen molar-refractivity contribution >= 4 is 28.2 Å². The second kappa shape index (κ2) is 5.43. The summed E-state index contributed by atoms with van der Waals surface area (Å²) in [6, 6.07) is 11.7. The number of rotatable bonds is 4. The number of para-hydroxylation sites is 1. The number of hydrogen-bond acceptors (Lipinski definition) is 3. The van der Waals surface area contributed by atoms with Crippen LogP contribution < -0.4 is 10.1 Å². The Hall–Kier alpha value is -2.20. The summed E-state index contributed by atoms with van der Waals surface area (Å²) in [5.41, 5.74) is 2.92. The van der Waals surface area contributed by atoms with Gasteiger partial charge in [0.15, 0.2) is 0 Å². The first-order valence-electron chi connectivity index (χ1n) is 6.27. The number of benzene rings is 1. The van der Waals surface area contributed by atoms with Crippen LogP contribution in [0.5, 0.6) is 5.88 Å². The van der Waals surface area contributed by atoms with Gasteiger partial charge < -0.3 is 15.0 Å². The molecule has 0 spiro atoms. The summed E-state index contributed by atoms with van der Waals surface area (Å²) >= 11 is 6.36. The van der Waals surface area contributed by atoms with Gasteiger partial charge in [-0.15, -0.1) is 0 Å². The van der Waals surface area contributed by atoms with Gasteiger partial charge in [-0.05, 0) is 12.1 Å². The summed E-state index contributed by atoms with van der Waals surface area (Å²) in [5, 5.41) is 5.08. The van der Waals surface area contributed by atoms with E-state index < -0.39 is 0 Å². The van der Waals surface area contributed by atoms with Gasteiger partial charge in [0.2, 0.25) is 5.88 Å². The smallest absolute Gasteiger partial charge is 0.213 e. The third-order valence-corrected chi connectivity index (χ3v) is 3.56. The summed E-state index contributed by atoms with van der Waals surface area (Å²) in [5.74, 6) is 0.596. The molecule has 0 bridgehead atoms. The molecule has 0 unspecified atom stereocenters. The summed E-state index contributed by atoms with van der Waals surface area (Å²) < 4.78 is 5.02. The molecule has 2 N–H and O–H groups in total. The van der Waals surface area contributed by atoms with Gasteiger partial charge in [-0.1, -0.05) is 29.8 Å². The van der Waals surface area contributed by atoms with E-state index in [0.717, 1.165) is 27.3 Å². The van der Waals surface area contributed by atoms with Crippen LogP contribution in [-0.4, -0.2) is 17.1 Å². The number of aromatic nitrogens is 2. The van der Waals surface area contributed by atoms with E-state index in [-0.39, 0.29) is 0 Å². The molecular formula is C15H14ClN3O. The van der Waals surface area contributed by atoms with E-state index in [2.05, 4.69) is 15.3 Å². The van der Waals surface area contributed by atoms with Gasteiger partial charge in [-0.2, -0.15) is 0 Å². The molecule has 0 atom stereocenters. The molecule has 0 aliphatic rings. The van der Waals surface area contributed by atoms with Crippen LogP contribution in [0.15, 0.2) is 42.6 Å². The maximum atomic E-state index is 6.36. The molecule has 2 aromatic heterocycles. The third kappa shape index (κ3) is 2.42. The zero-order valence-electron chi connectivity index (χ0n) is 11.0. The zero-order chi connectivity index (χ0) is 13.9. The standard InChI is InChI=1S/C15H14ClN3O/c1-20-14-7-6-10(8-18-14)17-9-13-15(16)11-4-2-3-5-12(11)19-13/h2-8,17,19H,9H2,1H3. The lowest BCUT2D eigenvalue weighted by molar-refractivity contribution is 0.398. The number of pyridine rings is 1. The van der Waals surface area contributed by atoms with E-state index in [4.69, 9.17) is 16.3 Å². The highest BCUT2D eigenvalue weighted by Crippen LogP contribution is 2.27. The van der Waals surface area contributed by atoms with Crippen molar-refractivity contribution in [2.24, 2.45) is 0 Å². The molecule has 5 heteroatoms.